The molecule has 2 fully saturated rings. The Kier molecular flexibility index (Phi) is 7.63. The van der Waals surface area contributed by atoms with Gasteiger partial charge in [-0.2, -0.15) is 13.8 Å². The van der Waals surface area contributed by atoms with Gasteiger partial charge in [0, 0.05) is 23.7 Å². The number of rotatable bonds is 7. The Morgan fingerprint density at radius 3 is 2.53 bits per heavy atom. The highest BCUT2D eigenvalue weighted by Gasteiger charge is 2.43. The summed E-state index contributed by atoms with van der Waals surface area (Å²) in [4.78, 5) is 12.6. The molecule has 1 atom stereocenters. The van der Waals surface area contributed by atoms with Crippen molar-refractivity contribution in [3.63, 3.8) is 0 Å². The van der Waals surface area contributed by atoms with E-state index in [1.54, 1.807) is 29.2 Å². The van der Waals surface area contributed by atoms with Crippen LogP contribution in [-0.4, -0.2) is 71.6 Å². The van der Waals surface area contributed by atoms with Crippen LogP contribution >= 0.6 is 0 Å². The molecule has 2 aromatic rings. The fraction of sp³-hybridized carbons (Fsp3) is 0.600. The molecule has 0 radical (unpaired) electrons. The summed E-state index contributed by atoms with van der Waals surface area (Å²) >= 11 is 0. The number of morpholine rings is 1. The van der Waals surface area contributed by atoms with Crippen molar-refractivity contribution in [2.24, 2.45) is 0 Å². The number of aromatic nitrogens is 2. The van der Waals surface area contributed by atoms with Gasteiger partial charge in [-0.25, -0.2) is 9.37 Å². The number of likely N-dealkylation sites (tertiary alicyclic amines) is 1. The molecule has 2 aliphatic heterocycles. The summed E-state index contributed by atoms with van der Waals surface area (Å²) in [5.74, 6) is -0.226. The fourth-order valence-electron chi connectivity index (χ4n) is 5.23. The highest BCUT2D eigenvalue weighted by atomic mass is 19.3. The van der Waals surface area contributed by atoms with Crippen molar-refractivity contribution in [3.8, 4) is 0 Å². The number of halogens is 3. The SMILES string of the molecule is CN1C(C)(C)CC(Nc2nc(Nc3ccccc3N3CCOCC3OC(F)F)ncc2F)CC1(C)C. The molecule has 1 unspecified atom stereocenters. The van der Waals surface area contributed by atoms with Crippen molar-refractivity contribution in [3.05, 3.63) is 36.3 Å². The molecular formula is C25H35F3N6O2. The van der Waals surface area contributed by atoms with Gasteiger partial charge < -0.3 is 20.3 Å². The van der Waals surface area contributed by atoms with Crippen molar-refractivity contribution in [1.82, 2.24) is 14.9 Å². The summed E-state index contributed by atoms with van der Waals surface area (Å²) in [5, 5.41) is 6.42. The Hall–Kier alpha value is -2.63. The van der Waals surface area contributed by atoms with Gasteiger partial charge in [0.25, 0.3) is 0 Å². The van der Waals surface area contributed by atoms with Crippen LogP contribution in [0, 0.1) is 5.82 Å². The van der Waals surface area contributed by atoms with Crippen LogP contribution in [0.5, 0.6) is 0 Å². The fourth-order valence-corrected chi connectivity index (χ4v) is 5.23. The molecular weight excluding hydrogens is 473 g/mol. The minimum atomic E-state index is -2.93. The minimum Gasteiger partial charge on any atom is -0.375 e. The van der Waals surface area contributed by atoms with Gasteiger partial charge in [-0.15, -0.1) is 0 Å². The number of alkyl halides is 2. The number of ether oxygens (including phenoxy) is 2. The molecule has 36 heavy (non-hydrogen) atoms. The maximum atomic E-state index is 14.7. The lowest BCUT2D eigenvalue weighted by Crippen LogP contribution is -2.61. The van der Waals surface area contributed by atoms with Gasteiger partial charge in [-0.05, 0) is 59.7 Å². The van der Waals surface area contributed by atoms with E-state index in [4.69, 9.17) is 9.47 Å². The molecule has 0 saturated carbocycles. The van der Waals surface area contributed by atoms with Crippen LogP contribution in [0.1, 0.15) is 40.5 Å². The first-order chi connectivity index (χ1) is 17.0. The Bertz CT molecular complexity index is 1040. The predicted octanol–water partition coefficient (Wildman–Crippen LogP) is 4.82. The number of para-hydroxylation sites is 2. The Morgan fingerprint density at radius 2 is 1.83 bits per heavy atom. The molecule has 2 aliphatic rings. The number of benzene rings is 1. The lowest BCUT2D eigenvalue weighted by molar-refractivity contribution is -0.183. The number of nitrogens with zero attached hydrogens (tertiary/aromatic N) is 4. The second-order valence-electron chi connectivity index (χ2n) is 10.6. The first-order valence-electron chi connectivity index (χ1n) is 12.1. The first kappa shape index (κ1) is 26.4. The topological polar surface area (TPSA) is 74.8 Å². The third-order valence-corrected chi connectivity index (χ3v) is 7.20. The quantitative estimate of drug-likeness (QED) is 0.551. The first-order valence-corrected chi connectivity index (χ1v) is 12.1. The van der Waals surface area contributed by atoms with Crippen molar-refractivity contribution in [2.45, 2.75) is 70.5 Å². The molecule has 2 saturated heterocycles. The summed E-state index contributed by atoms with van der Waals surface area (Å²) < 4.78 is 50.8. The van der Waals surface area contributed by atoms with E-state index in [9.17, 15) is 13.2 Å². The Balaban J connectivity index is 1.55. The zero-order valence-electron chi connectivity index (χ0n) is 21.4. The lowest BCUT2D eigenvalue weighted by Gasteiger charge is -2.53. The van der Waals surface area contributed by atoms with Crippen LogP contribution in [0.2, 0.25) is 0 Å². The predicted molar refractivity (Wildman–Crippen MR) is 133 cm³/mol. The second kappa shape index (κ2) is 10.4. The standard InChI is InChI=1S/C25H35F3N6O2/c1-24(2)12-16(13-25(3,4)33(24)5)30-21-17(26)14-29-23(32-21)31-18-8-6-7-9-19(18)34-10-11-35-15-20(34)36-22(27)28/h6-9,14,16,20,22H,10-13,15H2,1-5H3,(H2,29,30,31,32). The molecule has 198 valence electrons. The summed E-state index contributed by atoms with van der Waals surface area (Å²) in [5.41, 5.74) is 1.07. The number of piperidine rings is 1. The van der Waals surface area contributed by atoms with E-state index in [2.05, 4.69) is 60.2 Å². The van der Waals surface area contributed by atoms with Crippen molar-refractivity contribution in [1.29, 1.82) is 0 Å². The summed E-state index contributed by atoms with van der Waals surface area (Å²) in [7, 11) is 2.12. The number of anilines is 4. The van der Waals surface area contributed by atoms with Crippen LogP contribution in [0.25, 0.3) is 0 Å². The summed E-state index contributed by atoms with van der Waals surface area (Å²) in [6.07, 6.45) is 1.84. The van der Waals surface area contributed by atoms with Crippen LogP contribution in [0.4, 0.5) is 36.3 Å². The van der Waals surface area contributed by atoms with Crippen molar-refractivity contribution >= 4 is 23.1 Å². The van der Waals surface area contributed by atoms with Crippen molar-refractivity contribution < 1.29 is 22.6 Å². The molecule has 1 aromatic heterocycles. The van der Waals surface area contributed by atoms with Crippen LogP contribution in [0.3, 0.4) is 0 Å². The average molecular weight is 509 g/mol. The molecule has 0 bridgehead atoms. The molecule has 0 aliphatic carbocycles. The third-order valence-electron chi connectivity index (χ3n) is 7.20. The van der Waals surface area contributed by atoms with Crippen LogP contribution in [-0.2, 0) is 9.47 Å². The van der Waals surface area contributed by atoms with E-state index in [0.29, 0.717) is 24.5 Å². The van der Waals surface area contributed by atoms with E-state index in [0.717, 1.165) is 19.0 Å². The van der Waals surface area contributed by atoms with Gasteiger partial charge in [0.05, 0.1) is 30.8 Å². The molecule has 2 N–H and O–H groups in total. The van der Waals surface area contributed by atoms with E-state index < -0.39 is 18.7 Å². The van der Waals surface area contributed by atoms with E-state index in [1.807, 2.05) is 0 Å². The maximum absolute atomic E-state index is 14.7. The van der Waals surface area contributed by atoms with E-state index >= 15 is 0 Å². The zero-order chi connectivity index (χ0) is 26.1. The van der Waals surface area contributed by atoms with Crippen LogP contribution in [0.15, 0.2) is 30.5 Å². The Labute approximate surface area is 210 Å². The largest absolute Gasteiger partial charge is 0.375 e. The second-order valence-corrected chi connectivity index (χ2v) is 10.6. The molecule has 3 heterocycles. The van der Waals surface area contributed by atoms with Crippen LogP contribution < -0.4 is 15.5 Å². The molecule has 1 aromatic carbocycles. The monoisotopic (exact) mass is 508 g/mol. The number of hydrogen-bond acceptors (Lipinski definition) is 8. The normalized spacial score (nSPS) is 22.6. The molecule has 0 amide bonds. The summed E-state index contributed by atoms with van der Waals surface area (Å²) in [6, 6.07) is 7.21. The van der Waals surface area contributed by atoms with Crippen molar-refractivity contribution in [2.75, 3.05) is 42.3 Å². The van der Waals surface area contributed by atoms with Gasteiger partial charge in [0.15, 0.2) is 17.9 Å². The highest BCUT2D eigenvalue weighted by molar-refractivity contribution is 5.74. The van der Waals surface area contributed by atoms with E-state index in [1.165, 1.54) is 0 Å². The zero-order valence-corrected chi connectivity index (χ0v) is 21.4. The molecule has 11 heteroatoms. The minimum absolute atomic E-state index is 0.0169. The number of nitrogens with one attached hydrogen (secondary N) is 2. The van der Waals surface area contributed by atoms with Gasteiger partial charge in [-0.3, -0.25) is 9.64 Å². The highest BCUT2D eigenvalue weighted by Crippen LogP contribution is 2.38. The molecule has 4 rings (SSSR count). The Morgan fingerprint density at radius 1 is 1.14 bits per heavy atom. The van der Waals surface area contributed by atoms with Gasteiger partial charge in [0.2, 0.25) is 5.95 Å². The molecule has 8 nitrogen and oxygen atoms in total. The lowest BCUT2D eigenvalue weighted by atomic mass is 9.77. The van der Waals surface area contributed by atoms with E-state index in [-0.39, 0.29) is 35.5 Å². The maximum Gasteiger partial charge on any atom is 0.347 e. The van der Waals surface area contributed by atoms with Gasteiger partial charge >= 0.3 is 6.61 Å². The third kappa shape index (κ3) is 5.84. The van der Waals surface area contributed by atoms with Gasteiger partial charge in [0.1, 0.15) is 0 Å². The molecule has 0 spiro atoms. The van der Waals surface area contributed by atoms with Gasteiger partial charge in [-0.1, -0.05) is 12.1 Å². The number of hydrogen-bond donors (Lipinski definition) is 2. The average Bonchev–Trinajstić information content (AvgIpc) is 2.80. The summed E-state index contributed by atoms with van der Waals surface area (Å²) in [6.45, 7) is 6.56. The smallest absolute Gasteiger partial charge is 0.347 e.